The van der Waals surface area contributed by atoms with Gasteiger partial charge in [-0.2, -0.15) is 0 Å². The fourth-order valence-electron chi connectivity index (χ4n) is 1.83. The van der Waals surface area contributed by atoms with E-state index < -0.39 is 0 Å². The first kappa shape index (κ1) is 12.6. The molecule has 0 radical (unpaired) electrons. The number of nitrogens with one attached hydrogen (secondary N) is 1. The maximum atomic E-state index is 11.7. The Labute approximate surface area is 95.4 Å². The molecule has 0 bridgehead atoms. The van der Waals surface area contributed by atoms with Gasteiger partial charge in [0.15, 0.2) is 5.12 Å². The first-order chi connectivity index (χ1) is 7.20. The summed E-state index contributed by atoms with van der Waals surface area (Å²) in [6, 6.07) is 0. The normalized spacial score (nSPS) is 17.4. The van der Waals surface area contributed by atoms with Crippen LogP contribution in [0.5, 0.6) is 0 Å². The third-order valence-corrected chi connectivity index (χ3v) is 3.68. The van der Waals surface area contributed by atoms with E-state index in [1.54, 1.807) is 0 Å². The summed E-state index contributed by atoms with van der Waals surface area (Å²) < 4.78 is 0. The van der Waals surface area contributed by atoms with Crippen molar-refractivity contribution in [2.75, 3.05) is 12.3 Å². The maximum Gasteiger partial charge on any atom is 0.216 e. The van der Waals surface area contributed by atoms with Gasteiger partial charge in [-0.3, -0.25) is 9.59 Å². The molecular formula is C11H19NO2S. The van der Waals surface area contributed by atoms with Crippen molar-refractivity contribution < 1.29 is 9.59 Å². The van der Waals surface area contributed by atoms with Crippen molar-refractivity contribution in [3.05, 3.63) is 0 Å². The second-order valence-corrected chi connectivity index (χ2v) is 5.08. The third kappa shape index (κ3) is 5.21. The van der Waals surface area contributed by atoms with E-state index in [0.717, 1.165) is 12.8 Å². The van der Waals surface area contributed by atoms with Crippen LogP contribution in [-0.2, 0) is 9.59 Å². The smallest absolute Gasteiger partial charge is 0.216 e. The van der Waals surface area contributed by atoms with Crippen LogP contribution in [0.15, 0.2) is 0 Å². The molecule has 1 aliphatic carbocycles. The van der Waals surface area contributed by atoms with Gasteiger partial charge in [0.25, 0.3) is 0 Å². The largest absolute Gasteiger partial charge is 0.356 e. The Bertz CT molecular complexity index is 225. The lowest BCUT2D eigenvalue weighted by atomic mass is 9.90. The molecule has 1 aliphatic rings. The van der Waals surface area contributed by atoms with Gasteiger partial charge in [-0.15, -0.1) is 0 Å². The molecule has 0 aromatic rings. The maximum absolute atomic E-state index is 11.7. The predicted molar refractivity (Wildman–Crippen MR) is 62.7 cm³/mol. The van der Waals surface area contributed by atoms with Crippen molar-refractivity contribution in [2.45, 2.75) is 39.0 Å². The van der Waals surface area contributed by atoms with Crippen LogP contribution in [0, 0.1) is 5.92 Å². The van der Waals surface area contributed by atoms with Crippen LogP contribution in [0.1, 0.15) is 39.0 Å². The number of carbonyl (C=O) groups is 2. The predicted octanol–water partition coefficient (Wildman–Crippen LogP) is 1.96. The van der Waals surface area contributed by atoms with Gasteiger partial charge in [0.1, 0.15) is 0 Å². The number of rotatable bonds is 4. The number of carbonyl (C=O) groups excluding carboxylic acids is 2. The molecule has 0 unspecified atom stereocenters. The topological polar surface area (TPSA) is 46.2 Å². The molecule has 0 heterocycles. The van der Waals surface area contributed by atoms with E-state index in [9.17, 15) is 9.59 Å². The molecule has 0 aliphatic heterocycles. The molecule has 1 N–H and O–H groups in total. The molecule has 3 nitrogen and oxygen atoms in total. The molecule has 0 spiro atoms. The number of hydrogen-bond acceptors (Lipinski definition) is 3. The highest BCUT2D eigenvalue weighted by Crippen LogP contribution is 2.27. The summed E-state index contributed by atoms with van der Waals surface area (Å²) in [4.78, 5) is 22.3. The zero-order valence-electron chi connectivity index (χ0n) is 9.25. The Morgan fingerprint density at radius 1 is 1.27 bits per heavy atom. The molecule has 15 heavy (non-hydrogen) atoms. The molecule has 0 atom stereocenters. The monoisotopic (exact) mass is 229 g/mol. The Kier molecular flexibility index (Phi) is 5.76. The first-order valence-corrected chi connectivity index (χ1v) is 6.60. The van der Waals surface area contributed by atoms with Crippen LogP contribution < -0.4 is 5.32 Å². The Morgan fingerprint density at radius 2 is 1.93 bits per heavy atom. The van der Waals surface area contributed by atoms with Gasteiger partial charge in [-0.1, -0.05) is 31.0 Å². The van der Waals surface area contributed by atoms with Gasteiger partial charge >= 0.3 is 0 Å². The molecule has 1 rings (SSSR count). The van der Waals surface area contributed by atoms with Crippen molar-refractivity contribution >= 4 is 22.8 Å². The molecule has 0 aromatic heterocycles. The van der Waals surface area contributed by atoms with Crippen LogP contribution in [0.25, 0.3) is 0 Å². The lowest BCUT2D eigenvalue weighted by molar-refractivity contribution is -0.119. The minimum atomic E-state index is -0.0271. The van der Waals surface area contributed by atoms with E-state index in [4.69, 9.17) is 0 Å². The SMILES string of the molecule is CC(=O)NCCSC(=O)C1CCCCC1. The van der Waals surface area contributed by atoms with E-state index in [2.05, 4.69) is 5.32 Å². The van der Waals surface area contributed by atoms with Crippen LogP contribution in [0.4, 0.5) is 0 Å². The second-order valence-electron chi connectivity index (χ2n) is 3.99. The van der Waals surface area contributed by atoms with Gasteiger partial charge in [-0.25, -0.2) is 0 Å². The summed E-state index contributed by atoms with van der Waals surface area (Å²) in [5.74, 6) is 0.955. The fraction of sp³-hybridized carbons (Fsp3) is 0.818. The molecule has 1 saturated carbocycles. The highest BCUT2D eigenvalue weighted by molar-refractivity contribution is 8.13. The van der Waals surface area contributed by atoms with Gasteiger partial charge < -0.3 is 5.32 Å². The van der Waals surface area contributed by atoms with Crippen LogP contribution >= 0.6 is 11.8 Å². The Morgan fingerprint density at radius 3 is 2.53 bits per heavy atom. The number of thioether (sulfide) groups is 1. The van der Waals surface area contributed by atoms with E-state index in [0.29, 0.717) is 17.4 Å². The number of hydrogen-bond donors (Lipinski definition) is 1. The minimum Gasteiger partial charge on any atom is -0.356 e. The van der Waals surface area contributed by atoms with Crippen LogP contribution in [-0.4, -0.2) is 23.3 Å². The summed E-state index contributed by atoms with van der Waals surface area (Å²) >= 11 is 1.37. The van der Waals surface area contributed by atoms with Crippen molar-refractivity contribution in [3.63, 3.8) is 0 Å². The molecular weight excluding hydrogens is 210 g/mol. The first-order valence-electron chi connectivity index (χ1n) is 5.61. The zero-order chi connectivity index (χ0) is 11.1. The standard InChI is InChI=1S/C11H19NO2S/c1-9(13)12-7-8-15-11(14)10-5-3-2-4-6-10/h10H,2-8H2,1H3,(H,12,13). The minimum absolute atomic E-state index is 0.0271. The Hall–Kier alpha value is -0.510. The van der Waals surface area contributed by atoms with Crippen molar-refractivity contribution in [1.82, 2.24) is 5.32 Å². The average molecular weight is 229 g/mol. The third-order valence-electron chi connectivity index (χ3n) is 2.66. The zero-order valence-corrected chi connectivity index (χ0v) is 10.1. The molecule has 0 saturated heterocycles. The lowest BCUT2D eigenvalue weighted by Crippen LogP contribution is -2.23. The highest BCUT2D eigenvalue weighted by atomic mass is 32.2. The van der Waals surface area contributed by atoms with Gasteiger partial charge in [0.2, 0.25) is 5.91 Å². The lowest BCUT2D eigenvalue weighted by Gasteiger charge is -2.19. The molecule has 86 valence electrons. The van der Waals surface area contributed by atoms with Crippen molar-refractivity contribution in [1.29, 1.82) is 0 Å². The van der Waals surface area contributed by atoms with Gasteiger partial charge in [0.05, 0.1) is 0 Å². The van der Waals surface area contributed by atoms with Gasteiger partial charge in [-0.05, 0) is 12.8 Å². The van der Waals surface area contributed by atoms with E-state index >= 15 is 0 Å². The van der Waals surface area contributed by atoms with E-state index in [1.807, 2.05) is 0 Å². The van der Waals surface area contributed by atoms with Crippen LogP contribution in [0.3, 0.4) is 0 Å². The van der Waals surface area contributed by atoms with Gasteiger partial charge in [0, 0.05) is 25.1 Å². The summed E-state index contributed by atoms with van der Waals surface area (Å²) in [7, 11) is 0. The van der Waals surface area contributed by atoms with E-state index in [-0.39, 0.29) is 11.8 Å². The number of amides is 1. The summed E-state index contributed by atoms with van der Waals surface area (Å²) in [5, 5.41) is 3.01. The molecule has 0 aromatic carbocycles. The Balaban J connectivity index is 2.09. The van der Waals surface area contributed by atoms with Crippen LogP contribution in [0.2, 0.25) is 0 Å². The average Bonchev–Trinajstić information content (AvgIpc) is 2.25. The summed E-state index contributed by atoms with van der Waals surface area (Å²) in [6.07, 6.45) is 5.80. The quantitative estimate of drug-likeness (QED) is 0.750. The molecule has 4 heteroatoms. The molecule has 1 amide bonds. The highest BCUT2D eigenvalue weighted by Gasteiger charge is 2.20. The van der Waals surface area contributed by atoms with Crippen molar-refractivity contribution in [2.24, 2.45) is 5.92 Å². The van der Waals surface area contributed by atoms with Crippen molar-refractivity contribution in [3.8, 4) is 0 Å². The summed E-state index contributed by atoms with van der Waals surface area (Å²) in [6.45, 7) is 2.09. The second kappa shape index (κ2) is 6.88. The van der Waals surface area contributed by atoms with E-state index in [1.165, 1.54) is 37.9 Å². The summed E-state index contributed by atoms with van der Waals surface area (Å²) in [5.41, 5.74) is 0. The molecule has 1 fully saturated rings. The fourth-order valence-corrected chi connectivity index (χ4v) is 2.71.